The van der Waals surface area contributed by atoms with Crippen molar-refractivity contribution < 1.29 is 18.1 Å². The van der Waals surface area contributed by atoms with E-state index in [4.69, 9.17) is 0 Å². The van der Waals surface area contributed by atoms with Gasteiger partial charge in [-0.15, -0.1) is 0 Å². The highest BCUT2D eigenvalue weighted by Crippen LogP contribution is 2.26. The summed E-state index contributed by atoms with van der Waals surface area (Å²) in [5.41, 5.74) is 2.42. The first-order valence-electron chi connectivity index (χ1n) is 9.02. The molecule has 4 nitrogen and oxygen atoms in total. The Morgan fingerprint density at radius 2 is 1.47 bits per heavy atom. The van der Waals surface area contributed by atoms with Crippen LogP contribution in [0, 0.1) is 11.6 Å². The second kappa shape index (κ2) is 8.22. The van der Waals surface area contributed by atoms with Crippen LogP contribution in [0.2, 0.25) is 0 Å². The molecule has 150 valence electrons. The van der Waals surface area contributed by atoms with E-state index < -0.39 is 17.0 Å². The second-order valence-electron chi connectivity index (χ2n) is 6.62. The molecule has 7 heteroatoms. The topological polar surface area (TPSA) is 57.9 Å². The van der Waals surface area contributed by atoms with Gasteiger partial charge < -0.3 is 4.55 Å². The lowest BCUT2D eigenvalue weighted by Crippen LogP contribution is -2.05. The molecule has 3 aromatic carbocycles. The van der Waals surface area contributed by atoms with Crippen LogP contribution in [-0.2, 0) is 11.2 Å². The van der Waals surface area contributed by atoms with Crippen molar-refractivity contribution >= 4 is 17.0 Å². The zero-order valence-electron chi connectivity index (χ0n) is 15.9. The fourth-order valence-corrected chi connectivity index (χ4v) is 3.56. The zero-order chi connectivity index (χ0) is 21.3. The summed E-state index contributed by atoms with van der Waals surface area (Å²) in [4.78, 5) is 13.6. The Morgan fingerprint density at radius 1 is 0.900 bits per heavy atom. The van der Waals surface area contributed by atoms with E-state index >= 15 is 0 Å². The quantitative estimate of drug-likeness (QED) is 0.343. The summed E-state index contributed by atoms with van der Waals surface area (Å²) in [6.07, 6.45) is 1.59. The highest BCUT2D eigenvalue weighted by Gasteiger charge is 2.19. The monoisotopic (exact) mass is 422 g/mol. The van der Waals surface area contributed by atoms with Crippen molar-refractivity contribution in [3.8, 4) is 16.9 Å². The van der Waals surface area contributed by atoms with E-state index in [1.165, 1.54) is 36.4 Å². The molecular weight excluding hydrogens is 406 g/mol. The predicted molar refractivity (Wildman–Crippen MR) is 111 cm³/mol. The van der Waals surface area contributed by atoms with E-state index in [1.807, 2.05) is 0 Å². The average Bonchev–Trinajstić information content (AvgIpc) is 3.20. The van der Waals surface area contributed by atoms with Gasteiger partial charge in [0.2, 0.25) is 5.78 Å². The fourth-order valence-electron chi connectivity index (χ4n) is 3.04. The molecule has 4 aromatic rings. The summed E-state index contributed by atoms with van der Waals surface area (Å²) in [6.45, 7) is 0. The number of halogens is 2. The molecule has 0 aliphatic heterocycles. The van der Waals surface area contributed by atoms with Gasteiger partial charge in [0, 0.05) is 11.1 Å². The lowest BCUT2D eigenvalue weighted by Gasteiger charge is -2.09. The maximum Gasteiger partial charge on any atom is 0.213 e. The standard InChI is InChI=1S/C23H16F2N2O2S/c1-30(29)20-12-4-15(5-13-20)22-14-21(23(28)16-2-6-17(24)7-3-16)26-27(22)19-10-8-18(25)9-11-19/h2-14H,1H3. The third-order valence-electron chi connectivity index (χ3n) is 4.60. The van der Waals surface area contributed by atoms with Crippen molar-refractivity contribution in [1.29, 1.82) is 0 Å². The summed E-state index contributed by atoms with van der Waals surface area (Å²) in [5, 5.41) is 4.43. The largest absolute Gasteiger partial charge is 0.612 e. The Labute approximate surface area is 175 Å². The van der Waals surface area contributed by atoms with E-state index in [2.05, 4.69) is 5.10 Å². The number of carbonyl (C=O) groups excluding carboxylic acids is 1. The minimum Gasteiger partial charge on any atom is -0.612 e. The molecule has 0 radical (unpaired) electrons. The molecule has 0 fully saturated rings. The van der Waals surface area contributed by atoms with Gasteiger partial charge in [0.25, 0.3) is 0 Å². The zero-order valence-corrected chi connectivity index (χ0v) is 16.7. The number of nitrogens with zero attached hydrogens (tertiary/aromatic N) is 2. The average molecular weight is 422 g/mol. The molecular formula is C23H16F2N2O2S. The maximum absolute atomic E-state index is 13.4. The molecule has 4 rings (SSSR count). The summed E-state index contributed by atoms with van der Waals surface area (Å²) < 4.78 is 39.8. The Bertz CT molecular complexity index is 1190. The van der Waals surface area contributed by atoms with Crippen molar-refractivity contribution in [2.45, 2.75) is 4.90 Å². The van der Waals surface area contributed by atoms with Crippen molar-refractivity contribution in [3.63, 3.8) is 0 Å². The van der Waals surface area contributed by atoms with Gasteiger partial charge in [0.1, 0.15) is 23.6 Å². The van der Waals surface area contributed by atoms with E-state index in [0.717, 1.165) is 5.56 Å². The highest BCUT2D eigenvalue weighted by atomic mass is 32.2. The molecule has 0 N–H and O–H groups in total. The van der Waals surface area contributed by atoms with Crippen LogP contribution in [0.3, 0.4) is 0 Å². The highest BCUT2D eigenvalue weighted by molar-refractivity contribution is 7.90. The second-order valence-corrected chi connectivity index (χ2v) is 8.00. The van der Waals surface area contributed by atoms with Crippen LogP contribution in [0.25, 0.3) is 16.9 Å². The number of carbonyl (C=O) groups is 1. The smallest absolute Gasteiger partial charge is 0.213 e. The normalized spacial score (nSPS) is 12.0. The molecule has 1 heterocycles. The number of ketones is 1. The van der Waals surface area contributed by atoms with Crippen molar-refractivity contribution in [2.24, 2.45) is 0 Å². The summed E-state index contributed by atoms with van der Waals surface area (Å²) >= 11 is -1.12. The minimum atomic E-state index is -1.12. The molecule has 0 aliphatic rings. The first-order valence-corrected chi connectivity index (χ1v) is 10.6. The molecule has 30 heavy (non-hydrogen) atoms. The van der Waals surface area contributed by atoms with Crippen LogP contribution in [0.15, 0.2) is 83.8 Å². The van der Waals surface area contributed by atoms with E-state index in [1.54, 1.807) is 53.4 Å². The third-order valence-corrected chi connectivity index (χ3v) is 5.54. The molecule has 0 saturated heterocycles. The molecule has 0 aliphatic carbocycles. The van der Waals surface area contributed by atoms with Crippen molar-refractivity contribution in [3.05, 3.63) is 102 Å². The number of benzene rings is 3. The van der Waals surface area contributed by atoms with Gasteiger partial charge in [-0.25, -0.2) is 13.5 Å². The molecule has 0 spiro atoms. The van der Waals surface area contributed by atoms with Crippen LogP contribution in [0.4, 0.5) is 8.78 Å². The van der Waals surface area contributed by atoms with E-state index in [9.17, 15) is 18.1 Å². The number of hydrogen-bond donors (Lipinski definition) is 0. The van der Waals surface area contributed by atoms with Gasteiger partial charge in [-0.3, -0.25) is 4.79 Å². The maximum atomic E-state index is 13.4. The lowest BCUT2D eigenvalue weighted by molar-refractivity contribution is 0.103. The van der Waals surface area contributed by atoms with Gasteiger partial charge in [0.15, 0.2) is 4.90 Å². The molecule has 0 saturated carbocycles. The Balaban J connectivity index is 1.81. The summed E-state index contributed by atoms with van der Waals surface area (Å²) in [7, 11) is 0. The Morgan fingerprint density at radius 3 is 2.03 bits per heavy atom. The van der Waals surface area contributed by atoms with E-state index in [0.29, 0.717) is 21.8 Å². The van der Waals surface area contributed by atoms with Gasteiger partial charge in [-0.05, 0) is 90.0 Å². The van der Waals surface area contributed by atoms with Crippen LogP contribution in [0.1, 0.15) is 16.1 Å². The molecule has 1 aromatic heterocycles. The first kappa shape index (κ1) is 20.0. The summed E-state index contributed by atoms with van der Waals surface area (Å²) in [6, 6.07) is 19.7. The number of aromatic nitrogens is 2. The van der Waals surface area contributed by atoms with Crippen LogP contribution in [0.5, 0.6) is 0 Å². The summed E-state index contributed by atoms with van der Waals surface area (Å²) in [5.74, 6) is -1.18. The van der Waals surface area contributed by atoms with Gasteiger partial charge >= 0.3 is 0 Å². The third kappa shape index (κ3) is 4.03. The Kier molecular flexibility index (Phi) is 5.48. The number of rotatable bonds is 5. The Hall–Kier alpha value is -3.29. The number of hydrogen-bond acceptors (Lipinski definition) is 3. The van der Waals surface area contributed by atoms with Gasteiger partial charge in [0.05, 0.1) is 11.4 Å². The van der Waals surface area contributed by atoms with Crippen LogP contribution >= 0.6 is 0 Å². The molecule has 1 atom stereocenters. The van der Waals surface area contributed by atoms with Gasteiger partial charge in [-0.2, -0.15) is 5.10 Å². The van der Waals surface area contributed by atoms with E-state index in [-0.39, 0.29) is 17.3 Å². The fraction of sp³-hybridized carbons (Fsp3) is 0.0435. The molecule has 1 unspecified atom stereocenters. The molecule has 0 bridgehead atoms. The van der Waals surface area contributed by atoms with Crippen molar-refractivity contribution in [1.82, 2.24) is 9.78 Å². The molecule has 0 amide bonds. The first-order chi connectivity index (χ1) is 14.4. The predicted octanol–water partition coefficient (Wildman–Crippen LogP) is 4.79. The van der Waals surface area contributed by atoms with Crippen LogP contribution in [-0.4, -0.2) is 26.4 Å². The van der Waals surface area contributed by atoms with Crippen LogP contribution < -0.4 is 0 Å². The SMILES string of the molecule is C[S+]([O-])c1ccc(-c2cc(C(=O)c3ccc(F)cc3)nn2-c2ccc(F)cc2)cc1. The minimum absolute atomic E-state index is 0.170. The van der Waals surface area contributed by atoms with Gasteiger partial charge in [-0.1, -0.05) is 0 Å². The lowest BCUT2D eigenvalue weighted by atomic mass is 10.1. The van der Waals surface area contributed by atoms with Crippen molar-refractivity contribution in [2.75, 3.05) is 6.26 Å².